The second-order valence-corrected chi connectivity index (χ2v) is 3.28. The van der Waals surface area contributed by atoms with Gasteiger partial charge in [0.15, 0.2) is 0 Å². The molecule has 0 unspecified atom stereocenters. The number of hydrogen-bond acceptors (Lipinski definition) is 1. The van der Waals surface area contributed by atoms with E-state index < -0.39 is 11.7 Å². The first-order chi connectivity index (χ1) is 6.98. The maximum absolute atomic E-state index is 12.4. The number of fused-ring (bicyclic) bond motifs is 1. The zero-order chi connectivity index (χ0) is 11.1. The van der Waals surface area contributed by atoms with Gasteiger partial charge in [0.05, 0.1) is 5.56 Å². The smallest absolute Gasteiger partial charge is 0.398 e. The van der Waals surface area contributed by atoms with Gasteiger partial charge in [-0.3, -0.25) is 0 Å². The Morgan fingerprint density at radius 3 is 2.40 bits per heavy atom. The molecule has 0 saturated heterocycles. The van der Waals surface area contributed by atoms with Crippen LogP contribution in [0.1, 0.15) is 5.56 Å². The van der Waals surface area contributed by atoms with Gasteiger partial charge in [0, 0.05) is 11.1 Å². The van der Waals surface area contributed by atoms with Crippen LogP contribution >= 0.6 is 0 Å². The molecule has 2 rings (SSSR count). The SMILES string of the molecule is Nc1cccc2ccc(C(F)(F)F)cc12. The van der Waals surface area contributed by atoms with Crippen molar-refractivity contribution in [2.45, 2.75) is 6.18 Å². The molecule has 0 atom stereocenters. The monoisotopic (exact) mass is 211 g/mol. The molecule has 2 aromatic rings. The Balaban J connectivity index is 2.70. The van der Waals surface area contributed by atoms with Gasteiger partial charge in [0.1, 0.15) is 0 Å². The van der Waals surface area contributed by atoms with Gasteiger partial charge in [-0.1, -0.05) is 18.2 Å². The highest BCUT2D eigenvalue weighted by atomic mass is 19.4. The fraction of sp³-hybridized carbons (Fsp3) is 0.0909. The number of alkyl halides is 3. The lowest BCUT2D eigenvalue weighted by atomic mass is 10.1. The summed E-state index contributed by atoms with van der Waals surface area (Å²) in [5.74, 6) is 0. The third-order valence-electron chi connectivity index (χ3n) is 2.24. The minimum Gasteiger partial charge on any atom is -0.398 e. The van der Waals surface area contributed by atoms with Crippen LogP contribution in [0.2, 0.25) is 0 Å². The summed E-state index contributed by atoms with van der Waals surface area (Å²) in [5, 5.41) is 1.15. The molecule has 78 valence electrons. The van der Waals surface area contributed by atoms with E-state index in [0.29, 0.717) is 16.5 Å². The molecule has 0 spiro atoms. The van der Waals surface area contributed by atoms with Gasteiger partial charge in [0.25, 0.3) is 0 Å². The molecule has 0 aliphatic carbocycles. The number of rotatable bonds is 0. The zero-order valence-electron chi connectivity index (χ0n) is 7.68. The van der Waals surface area contributed by atoms with Crippen LogP contribution in [-0.2, 0) is 6.18 Å². The number of nitrogens with two attached hydrogens (primary N) is 1. The lowest BCUT2D eigenvalue weighted by Gasteiger charge is -2.08. The third kappa shape index (κ3) is 1.75. The summed E-state index contributed by atoms with van der Waals surface area (Å²) in [4.78, 5) is 0. The van der Waals surface area contributed by atoms with Crippen LogP contribution in [0.15, 0.2) is 36.4 Å². The molecule has 4 heteroatoms. The number of benzene rings is 2. The van der Waals surface area contributed by atoms with Gasteiger partial charge in [0.2, 0.25) is 0 Å². The molecule has 0 aliphatic heterocycles. The van der Waals surface area contributed by atoms with E-state index in [1.54, 1.807) is 18.2 Å². The van der Waals surface area contributed by atoms with E-state index in [4.69, 9.17) is 5.73 Å². The molecule has 0 saturated carbocycles. The van der Waals surface area contributed by atoms with Gasteiger partial charge < -0.3 is 5.73 Å². The number of halogens is 3. The minimum absolute atomic E-state index is 0.360. The Labute approximate surface area is 84.3 Å². The van der Waals surface area contributed by atoms with Gasteiger partial charge in [-0.25, -0.2) is 0 Å². The second kappa shape index (κ2) is 3.15. The average molecular weight is 211 g/mol. The lowest BCUT2D eigenvalue weighted by molar-refractivity contribution is -0.137. The van der Waals surface area contributed by atoms with Crippen molar-refractivity contribution >= 4 is 16.5 Å². The first-order valence-electron chi connectivity index (χ1n) is 4.34. The van der Waals surface area contributed by atoms with Crippen molar-refractivity contribution in [3.63, 3.8) is 0 Å². The van der Waals surface area contributed by atoms with Crippen molar-refractivity contribution in [1.29, 1.82) is 0 Å². The maximum atomic E-state index is 12.4. The van der Waals surface area contributed by atoms with Crippen molar-refractivity contribution in [2.75, 3.05) is 5.73 Å². The summed E-state index contributed by atoms with van der Waals surface area (Å²) in [6, 6.07) is 8.58. The van der Waals surface area contributed by atoms with Gasteiger partial charge in [-0.15, -0.1) is 0 Å². The second-order valence-electron chi connectivity index (χ2n) is 3.28. The van der Waals surface area contributed by atoms with Gasteiger partial charge in [-0.2, -0.15) is 13.2 Å². The summed E-state index contributed by atoms with van der Waals surface area (Å²) >= 11 is 0. The normalized spacial score (nSPS) is 11.9. The van der Waals surface area contributed by atoms with Crippen molar-refractivity contribution in [1.82, 2.24) is 0 Å². The lowest BCUT2D eigenvalue weighted by Crippen LogP contribution is -2.04. The van der Waals surface area contributed by atoms with Gasteiger partial charge in [-0.05, 0) is 23.6 Å². The van der Waals surface area contributed by atoms with E-state index in [2.05, 4.69) is 0 Å². The highest BCUT2D eigenvalue weighted by Crippen LogP contribution is 2.32. The molecule has 0 radical (unpaired) electrons. The topological polar surface area (TPSA) is 26.0 Å². The van der Waals surface area contributed by atoms with Crippen LogP contribution in [0.5, 0.6) is 0 Å². The van der Waals surface area contributed by atoms with Crippen LogP contribution in [0.25, 0.3) is 10.8 Å². The van der Waals surface area contributed by atoms with Crippen LogP contribution in [0.3, 0.4) is 0 Å². The number of hydrogen-bond donors (Lipinski definition) is 1. The van der Waals surface area contributed by atoms with E-state index in [9.17, 15) is 13.2 Å². The molecule has 2 N–H and O–H groups in total. The van der Waals surface area contributed by atoms with Crippen LogP contribution < -0.4 is 5.73 Å². The molecule has 0 aromatic heterocycles. The van der Waals surface area contributed by atoms with E-state index in [1.165, 1.54) is 6.07 Å². The number of nitrogen functional groups attached to an aromatic ring is 1. The Morgan fingerprint density at radius 1 is 1.00 bits per heavy atom. The zero-order valence-corrected chi connectivity index (χ0v) is 7.68. The van der Waals surface area contributed by atoms with Crippen molar-refractivity contribution in [3.05, 3.63) is 42.0 Å². The summed E-state index contributed by atoms with van der Waals surface area (Å²) in [5.41, 5.74) is 5.29. The van der Waals surface area contributed by atoms with Crippen molar-refractivity contribution < 1.29 is 13.2 Å². The van der Waals surface area contributed by atoms with Crippen LogP contribution in [0, 0.1) is 0 Å². The average Bonchev–Trinajstić information content (AvgIpc) is 2.16. The molecule has 15 heavy (non-hydrogen) atoms. The van der Waals surface area contributed by atoms with Gasteiger partial charge >= 0.3 is 6.18 Å². The minimum atomic E-state index is -4.32. The van der Waals surface area contributed by atoms with E-state index in [0.717, 1.165) is 12.1 Å². The molecule has 0 fully saturated rings. The standard InChI is InChI=1S/C11H8F3N/c12-11(13,14)8-5-4-7-2-1-3-10(15)9(7)6-8/h1-6H,15H2. The van der Waals surface area contributed by atoms with E-state index >= 15 is 0 Å². The largest absolute Gasteiger partial charge is 0.416 e. The summed E-state index contributed by atoms with van der Waals surface area (Å²) in [7, 11) is 0. The Kier molecular flexibility index (Phi) is 2.07. The summed E-state index contributed by atoms with van der Waals surface area (Å²) in [6.07, 6.45) is -4.32. The van der Waals surface area contributed by atoms with Crippen LogP contribution in [-0.4, -0.2) is 0 Å². The fourth-order valence-corrected chi connectivity index (χ4v) is 1.47. The quantitative estimate of drug-likeness (QED) is 0.663. The predicted octanol–water partition coefficient (Wildman–Crippen LogP) is 3.44. The number of anilines is 1. The first-order valence-corrected chi connectivity index (χ1v) is 4.34. The summed E-state index contributed by atoms with van der Waals surface area (Å²) < 4.78 is 37.2. The Morgan fingerprint density at radius 2 is 1.73 bits per heavy atom. The van der Waals surface area contributed by atoms with Crippen molar-refractivity contribution in [2.24, 2.45) is 0 Å². The maximum Gasteiger partial charge on any atom is 0.416 e. The molecular formula is C11H8F3N. The predicted molar refractivity (Wildman–Crippen MR) is 53.4 cm³/mol. The van der Waals surface area contributed by atoms with E-state index in [-0.39, 0.29) is 0 Å². The van der Waals surface area contributed by atoms with Crippen LogP contribution in [0.4, 0.5) is 18.9 Å². The summed E-state index contributed by atoms with van der Waals surface area (Å²) in [6.45, 7) is 0. The van der Waals surface area contributed by atoms with Crippen molar-refractivity contribution in [3.8, 4) is 0 Å². The fourth-order valence-electron chi connectivity index (χ4n) is 1.47. The molecule has 1 nitrogen and oxygen atoms in total. The molecule has 0 aliphatic rings. The molecule has 2 aromatic carbocycles. The Hall–Kier alpha value is -1.71. The first kappa shape index (κ1) is 9.83. The highest BCUT2D eigenvalue weighted by molar-refractivity contribution is 5.93. The molecule has 0 amide bonds. The third-order valence-corrected chi connectivity index (χ3v) is 2.24. The molecule has 0 bridgehead atoms. The Bertz CT molecular complexity index is 503. The van der Waals surface area contributed by atoms with E-state index in [1.807, 2.05) is 0 Å². The molecule has 0 heterocycles. The molecular weight excluding hydrogens is 203 g/mol. The highest BCUT2D eigenvalue weighted by Gasteiger charge is 2.30.